The van der Waals surface area contributed by atoms with Crippen LogP contribution in [0.3, 0.4) is 0 Å². The second-order valence-corrected chi connectivity index (χ2v) is 6.68. The number of nitro benzene ring substituents is 1. The highest BCUT2D eigenvalue weighted by Gasteiger charge is 2.20. The molecule has 1 aliphatic rings. The number of thioether (sulfide) groups is 1. The second kappa shape index (κ2) is 7.29. The number of nitrogens with zero attached hydrogens (tertiary/aromatic N) is 1. The van der Waals surface area contributed by atoms with Crippen LogP contribution in [0.15, 0.2) is 18.2 Å². The average molecular weight is 315 g/mol. The molecular weight excluding hydrogens is 296 g/mol. The number of hydrogen-bond donors (Lipinski definition) is 1. The first-order valence-corrected chi connectivity index (χ1v) is 8.45. The molecule has 0 atom stereocenters. The zero-order valence-electron chi connectivity index (χ0n) is 11.5. The van der Waals surface area contributed by atoms with Gasteiger partial charge in [0.1, 0.15) is 5.02 Å². The molecule has 1 aromatic rings. The quantitative estimate of drug-likeness (QED) is 0.659. The Hall–Kier alpha value is -0.780. The summed E-state index contributed by atoms with van der Waals surface area (Å²) in [4.78, 5) is 10.4. The van der Waals surface area contributed by atoms with E-state index in [1.165, 1.54) is 25.7 Å². The molecule has 0 radical (unpaired) electrons. The van der Waals surface area contributed by atoms with Crippen LogP contribution in [0.1, 0.15) is 31.2 Å². The largest absolute Gasteiger partial charge is 0.310 e. The van der Waals surface area contributed by atoms with Crippen LogP contribution in [0.2, 0.25) is 5.02 Å². The molecule has 2 rings (SSSR count). The van der Waals surface area contributed by atoms with Gasteiger partial charge in [-0.3, -0.25) is 10.1 Å². The second-order valence-electron chi connectivity index (χ2n) is 5.13. The smallest absolute Gasteiger partial charge is 0.288 e. The first-order valence-electron chi connectivity index (χ1n) is 6.79. The summed E-state index contributed by atoms with van der Waals surface area (Å²) in [6, 6.07) is 5.52. The van der Waals surface area contributed by atoms with E-state index in [0.29, 0.717) is 12.6 Å². The van der Waals surface area contributed by atoms with Crippen molar-refractivity contribution in [3.63, 3.8) is 0 Å². The molecule has 110 valence electrons. The van der Waals surface area contributed by atoms with Crippen molar-refractivity contribution in [2.24, 2.45) is 0 Å². The van der Waals surface area contributed by atoms with Gasteiger partial charge in [0.25, 0.3) is 5.69 Å². The maximum Gasteiger partial charge on any atom is 0.288 e. The Kier molecular flexibility index (Phi) is 5.69. The molecule has 1 aromatic carbocycles. The Bertz CT molecular complexity index is 476. The lowest BCUT2D eigenvalue weighted by Crippen LogP contribution is -2.33. The topological polar surface area (TPSA) is 55.2 Å². The van der Waals surface area contributed by atoms with Crippen molar-refractivity contribution in [1.82, 2.24) is 5.32 Å². The molecule has 1 N–H and O–H groups in total. The van der Waals surface area contributed by atoms with Crippen LogP contribution in [0.25, 0.3) is 0 Å². The van der Waals surface area contributed by atoms with Crippen molar-refractivity contribution < 1.29 is 4.92 Å². The maximum atomic E-state index is 10.8. The Morgan fingerprint density at radius 3 is 2.70 bits per heavy atom. The van der Waals surface area contributed by atoms with Gasteiger partial charge in [0.2, 0.25) is 0 Å². The first kappa shape index (κ1) is 15.6. The van der Waals surface area contributed by atoms with Crippen molar-refractivity contribution in [2.75, 3.05) is 6.26 Å². The van der Waals surface area contributed by atoms with E-state index in [-0.39, 0.29) is 10.7 Å². The number of halogens is 1. The van der Waals surface area contributed by atoms with E-state index in [0.717, 1.165) is 10.8 Å². The minimum atomic E-state index is -0.435. The minimum Gasteiger partial charge on any atom is -0.310 e. The SMILES string of the molecule is CSC1CCC(NCc2ccc(Cl)c([N+](=O)[O-])c2)CC1. The predicted octanol–water partition coefficient (Wildman–Crippen LogP) is 4.01. The average Bonchev–Trinajstić information content (AvgIpc) is 2.46. The summed E-state index contributed by atoms with van der Waals surface area (Å²) in [7, 11) is 0. The third-order valence-corrected chi connectivity index (χ3v) is 5.27. The molecule has 6 heteroatoms. The summed E-state index contributed by atoms with van der Waals surface area (Å²) in [5.74, 6) is 0. The first-order chi connectivity index (χ1) is 9.60. The van der Waals surface area contributed by atoms with Crippen molar-refractivity contribution in [2.45, 2.75) is 43.5 Å². The molecular formula is C14H19ClN2O2S. The summed E-state index contributed by atoms with van der Waals surface area (Å²) in [6.07, 6.45) is 7.03. The van der Waals surface area contributed by atoms with Crippen molar-refractivity contribution in [1.29, 1.82) is 0 Å². The molecule has 0 spiro atoms. The summed E-state index contributed by atoms with van der Waals surface area (Å²) in [5, 5.41) is 15.3. The molecule has 1 saturated carbocycles. The van der Waals surface area contributed by atoms with E-state index in [2.05, 4.69) is 11.6 Å². The van der Waals surface area contributed by atoms with Crippen LogP contribution < -0.4 is 5.32 Å². The van der Waals surface area contributed by atoms with Gasteiger partial charge in [-0.1, -0.05) is 17.7 Å². The van der Waals surface area contributed by atoms with Crippen LogP contribution in [0.4, 0.5) is 5.69 Å². The van der Waals surface area contributed by atoms with Crippen LogP contribution in [0, 0.1) is 10.1 Å². The number of benzene rings is 1. The highest BCUT2D eigenvalue weighted by molar-refractivity contribution is 7.99. The standard InChI is InChI=1S/C14H19ClN2O2S/c1-20-12-5-3-11(4-6-12)16-9-10-2-7-13(15)14(8-10)17(18)19/h2,7-8,11-12,16H,3-6,9H2,1H3. The fraction of sp³-hybridized carbons (Fsp3) is 0.571. The molecule has 0 heterocycles. The van der Waals surface area contributed by atoms with Gasteiger partial charge in [0.15, 0.2) is 0 Å². The lowest BCUT2D eigenvalue weighted by atomic mass is 9.95. The summed E-state index contributed by atoms with van der Waals surface area (Å²) >= 11 is 7.76. The molecule has 4 nitrogen and oxygen atoms in total. The number of hydrogen-bond acceptors (Lipinski definition) is 4. The van der Waals surface area contributed by atoms with Crippen LogP contribution in [-0.4, -0.2) is 22.5 Å². The van der Waals surface area contributed by atoms with Crippen molar-refractivity contribution >= 4 is 29.1 Å². The van der Waals surface area contributed by atoms with E-state index >= 15 is 0 Å². The van der Waals surface area contributed by atoms with Gasteiger partial charge in [0, 0.05) is 23.9 Å². The normalized spacial score (nSPS) is 22.7. The Labute approximate surface area is 128 Å². The molecule has 0 aliphatic heterocycles. The molecule has 0 saturated heterocycles. The number of rotatable bonds is 5. The third kappa shape index (κ3) is 4.11. The van der Waals surface area contributed by atoms with Gasteiger partial charge in [-0.25, -0.2) is 0 Å². The number of nitrogens with one attached hydrogen (secondary N) is 1. The highest BCUT2D eigenvalue weighted by Crippen LogP contribution is 2.28. The summed E-state index contributed by atoms with van der Waals surface area (Å²) in [6.45, 7) is 0.659. The van der Waals surface area contributed by atoms with Crippen LogP contribution in [0.5, 0.6) is 0 Å². The number of nitro groups is 1. The lowest BCUT2D eigenvalue weighted by Gasteiger charge is -2.28. The molecule has 1 aliphatic carbocycles. The third-order valence-electron chi connectivity index (χ3n) is 3.81. The van der Waals surface area contributed by atoms with Gasteiger partial charge in [0.05, 0.1) is 4.92 Å². The van der Waals surface area contributed by atoms with E-state index in [9.17, 15) is 10.1 Å². The van der Waals surface area contributed by atoms with E-state index in [4.69, 9.17) is 11.6 Å². The van der Waals surface area contributed by atoms with Gasteiger partial charge in [-0.15, -0.1) is 0 Å². The van der Waals surface area contributed by atoms with E-state index in [1.807, 2.05) is 17.8 Å². The molecule has 1 fully saturated rings. The maximum absolute atomic E-state index is 10.8. The van der Waals surface area contributed by atoms with Crippen LogP contribution >= 0.6 is 23.4 Å². The predicted molar refractivity (Wildman–Crippen MR) is 84.5 cm³/mol. The molecule has 20 heavy (non-hydrogen) atoms. The fourth-order valence-electron chi connectivity index (χ4n) is 2.57. The van der Waals surface area contributed by atoms with Gasteiger partial charge < -0.3 is 5.32 Å². The monoisotopic (exact) mass is 314 g/mol. The van der Waals surface area contributed by atoms with Gasteiger partial charge in [-0.2, -0.15) is 11.8 Å². The van der Waals surface area contributed by atoms with Crippen LogP contribution in [-0.2, 0) is 6.54 Å². The lowest BCUT2D eigenvalue weighted by molar-refractivity contribution is -0.384. The zero-order chi connectivity index (χ0) is 14.5. The van der Waals surface area contributed by atoms with Crippen molar-refractivity contribution in [3.8, 4) is 0 Å². The van der Waals surface area contributed by atoms with E-state index in [1.54, 1.807) is 12.1 Å². The molecule has 0 unspecified atom stereocenters. The Balaban J connectivity index is 1.88. The Morgan fingerprint density at radius 1 is 1.40 bits per heavy atom. The molecule has 0 bridgehead atoms. The van der Waals surface area contributed by atoms with Crippen molar-refractivity contribution in [3.05, 3.63) is 38.9 Å². The highest BCUT2D eigenvalue weighted by atomic mass is 35.5. The minimum absolute atomic E-state index is 0.0166. The van der Waals surface area contributed by atoms with Gasteiger partial charge >= 0.3 is 0 Å². The Morgan fingerprint density at radius 2 is 2.10 bits per heavy atom. The summed E-state index contributed by atoms with van der Waals surface area (Å²) in [5.41, 5.74) is 0.894. The summed E-state index contributed by atoms with van der Waals surface area (Å²) < 4.78 is 0. The zero-order valence-corrected chi connectivity index (χ0v) is 13.0. The molecule has 0 aromatic heterocycles. The van der Waals surface area contributed by atoms with Gasteiger partial charge in [-0.05, 0) is 43.6 Å². The molecule has 0 amide bonds. The fourth-order valence-corrected chi connectivity index (χ4v) is 3.50. The van der Waals surface area contributed by atoms with E-state index < -0.39 is 4.92 Å².